The average molecular weight is 469 g/mol. The van der Waals surface area contributed by atoms with E-state index in [0.29, 0.717) is 0 Å². The number of esters is 2. The van der Waals surface area contributed by atoms with Crippen molar-refractivity contribution in [3.63, 3.8) is 0 Å². The van der Waals surface area contributed by atoms with Crippen LogP contribution in [0.15, 0.2) is 48.5 Å². The van der Waals surface area contributed by atoms with Gasteiger partial charge in [-0.3, -0.25) is 0 Å². The maximum absolute atomic E-state index is 12.8. The lowest BCUT2D eigenvalue weighted by Crippen LogP contribution is -2.35. The quantitative estimate of drug-likeness (QED) is 0.329. The van der Waals surface area contributed by atoms with E-state index >= 15 is 0 Å². The molecule has 2 aromatic rings. The highest BCUT2D eigenvalue weighted by atomic mass is 16.6. The van der Waals surface area contributed by atoms with E-state index in [1.165, 1.54) is 11.1 Å². The van der Waals surface area contributed by atoms with Crippen LogP contribution in [0.1, 0.15) is 112 Å². The molecular weight excluding hydrogens is 424 g/mol. The minimum absolute atomic E-state index is 0.273. The van der Waals surface area contributed by atoms with Gasteiger partial charge in [0.05, 0.1) is 11.1 Å². The highest BCUT2D eigenvalue weighted by Crippen LogP contribution is 2.29. The molecule has 0 fully saturated rings. The molecule has 2 aromatic carbocycles. The lowest BCUT2D eigenvalue weighted by atomic mass is 9.93. The van der Waals surface area contributed by atoms with Crippen molar-refractivity contribution in [3.8, 4) is 0 Å². The number of benzene rings is 2. The summed E-state index contributed by atoms with van der Waals surface area (Å²) in [5.41, 5.74) is 2.30. The van der Waals surface area contributed by atoms with Gasteiger partial charge < -0.3 is 9.47 Å². The second-order valence-corrected chi connectivity index (χ2v) is 8.90. The summed E-state index contributed by atoms with van der Waals surface area (Å²) in [4.78, 5) is 25.6. The molecule has 0 saturated heterocycles. The molecule has 4 heteroatoms. The molecule has 34 heavy (non-hydrogen) atoms. The fraction of sp³-hybridized carbons (Fsp3) is 0.533. The van der Waals surface area contributed by atoms with Crippen molar-refractivity contribution in [1.29, 1.82) is 0 Å². The van der Waals surface area contributed by atoms with Gasteiger partial charge in [0.2, 0.25) is 0 Å². The lowest BCUT2D eigenvalue weighted by Gasteiger charge is -2.32. The molecule has 0 amide bonds. The molecule has 0 saturated carbocycles. The van der Waals surface area contributed by atoms with Crippen LogP contribution in [0.4, 0.5) is 0 Å². The first-order valence-corrected chi connectivity index (χ1v) is 12.7. The van der Waals surface area contributed by atoms with Crippen LogP contribution < -0.4 is 0 Å². The monoisotopic (exact) mass is 468 g/mol. The predicted octanol–water partition coefficient (Wildman–Crippen LogP) is 8.24. The Bertz CT molecular complexity index is 817. The number of carbonyl (C=O) groups is 2. The van der Waals surface area contributed by atoms with Crippen molar-refractivity contribution >= 4 is 11.9 Å². The van der Waals surface area contributed by atoms with E-state index in [1.807, 2.05) is 41.5 Å². The van der Waals surface area contributed by atoms with Gasteiger partial charge in [-0.05, 0) is 75.6 Å². The van der Waals surface area contributed by atoms with E-state index in [1.54, 1.807) is 24.3 Å². The lowest BCUT2D eigenvalue weighted by molar-refractivity contribution is -0.0291. The SMILES string of the molecule is CCC(CC)(CC)OC(=O)c1ccccc1C(=O)OC(CC)(CC)CC.Cc1ccccc1C. The smallest absolute Gasteiger partial charge is 0.339 e. The van der Waals surface area contributed by atoms with Gasteiger partial charge in [-0.15, -0.1) is 0 Å². The van der Waals surface area contributed by atoms with Crippen molar-refractivity contribution in [2.45, 2.75) is 105 Å². The van der Waals surface area contributed by atoms with Crippen molar-refractivity contribution in [3.05, 3.63) is 70.8 Å². The summed E-state index contributed by atoms with van der Waals surface area (Å²) in [5, 5.41) is 0. The first kappa shape index (κ1) is 29.4. The number of rotatable bonds is 10. The van der Waals surface area contributed by atoms with E-state index in [2.05, 4.69) is 38.1 Å². The van der Waals surface area contributed by atoms with Gasteiger partial charge in [0, 0.05) is 0 Å². The molecule has 0 aromatic heterocycles. The van der Waals surface area contributed by atoms with Crippen LogP contribution in [0.3, 0.4) is 0 Å². The molecule has 0 bridgehead atoms. The van der Waals surface area contributed by atoms with Gasteiger partial charge in [0.1, 0.15) is 11.2 Å². The first-order valence-electron chi connectivity index (χ1n) is 12.7. The molecular formula is C30H44O4. The van der Waals surface area contributed by atoms with Crippen LogP contribution in [0.5, 0.6) is 0 Å². The molecule has 4 nitrogen and oxygen atoms in total. The summed E-state index contributed by atoms with van der Waals surface area (Å²) in [6.07, 6.45) is 4.43. The number of ether oxygens (including phenoxy) is 2. The number of aryl methyl sites for hydroxylation is 2. The molecule has 0 aliphatic carbocycles. The number of hydrogen-bond acceptors (Lipinski definition) is 4. The van der Waals surface area contributed by atoms with E-state index in [4.69, 9.17) is 9.47 Å². The van der Waals surface area contributed by atoms with Crippen molar-refractivity contribution in [2.75, 3.05) is 0 Å². The summed E-state index contributed by atoms with van der Waals surface area (Å²) in [6, 6.07) is 15.1. The summed E-state index contributed by atoms with van der Waals surface area (Å²) in [5.74, 6) is -0.920. The minimum atomic E-state index is -0.492. The van der Waals surface area contributed by atoms with Gasteiger partial charge >= 0.3 is 11.9 Å². The van der Waals surface area contributed by atoms with E-state index < -0.39 is 23.1 Å². The van der Waals surface area contributed by atoms with Gasteiger partial charge in [-0.25, -0.2) is 9.59 Å². The number of carbonyl (C=O) groups excluding carboxylic acids is 2. The zero-order valence-electron chi connectivity index (χ0n) is 22.5. The summed E-state index contributed by atoms with van der Waals surface area (Å²) < 4.78 is 11.6. The molecule has 0 N–H and O–H groups in total. The van der Waals surface area contributed by atoms with Crippen molar-refractivity contribution < 1.29 is 19.1 Å². The van der Waals surface area contributed by atoms with Crippen LogP contribution >= 0.6 is 0 Å². The molecule has 0 spiro atoms. The molecule has 0 atom stereocenters. The second kappa shape index (κ2) is 13.9. The third-order valence-electron chi connectivity index (χ3n) is 7.28. The maximum atomic E-state index is 12.8. The van der Waals surface area contributed by atoms with Gasteiger partial charge in [0.25, 0.3) is 0 Å². The zero-order valence-corrected chi connectivity index (χ0v) is 22.5. The third kappa shape index (κ3) is 7.72. The van der Waals surface area contributed by atoms with E-state index in [0.717, 1.165) is 38.5 Å². The predicted molar refractivity (Wildman–Crippen MR) is 140 cm³/mol. The Labute approximate surface area is 207 Å². The minimum Gasteiger partial charge on any atom is -0.455 e. The molecule has 0 aliphatic rings. The molecule has 188 valence electrons. The normalized spacial score (nSPS) is 11.3. The van der Waals surface area contributed by atoms with Gasteiger partial charge in [0.15, 0.2) is 0 Å². The Morgan fingerprint density at radius 3 is 1.06 bits per heavy atom. The summed E-state index contributed by atoms with van der Waals surface area (Å²) in [7, 11) is 0. The summed E-state index contributed by atoms with van der Waals surface area (Å²) >= 11 is 0. The highest BCUT2D eigenvalue weighted by molar-refractivity contribution is 6.03. The van der Waals surface area contributed by atoms with E-state index in [9.17, 15) is 9.59 Å². The van der Waals surface area contributed by atoms with Crippen molar-refractivity contribution in [2.24, 2.45) is 0 Å². The second-order valence-electron chi connectivity index (χ2n) is 8.90. The average Bonchev–Trinajstić information content (AvgIpc) is 2.88. The molecule has 0 aliphatic heterocycles. The van der Waals surface area contributed by atoms with Gasteiger partial charge in [-0.2, -0.15) is 0 Å². The van der Waals surface area contributed by atoms with Gasteiger partial charge in [-0.1, -0.05) is 77.9 Å². The topological polar surface area (TPSA) is 52.6 Å². The Hall–Kier alpha value is -2.62. The van der Waals surface area contributed by atoms with Crippen LogP contribution in [0.2, 0.25) is 0 Å². The Kier molecular flexibility index (Phi) is 12.1. The van der Waals surface area contributed by atoms with Crippen LogP contribution in [-0.2, 0) is 9.47 Å². The molecule has 0 unspecified atom stereocenters. The van der Waals surface area contributed by atoms with Crippen LogP contribution in [-0.4, -0.2) is 23.1 Å². The first-order chi connectivity index (χ1) is 16.2. The van der Waals surface area contributed by atoms with E-state index in [-0.39, 0.29) is 11.1 Å². The molecule has 2 rings (SSSR count). The Balaban J connectivity index is 0.000000605. The molecule has 0 radical (unpaired) electrons. The fourth-order valence-corrected chi connectivity index (χ4v) is 3.94. The summed E-state index contributed by atoms with van der Waals surface area (Å²) in [6.45, 7) is 16.3. The standard InChI is InChI=1S/C22H34O4.C8H10/c1-7-21(8-2,9-3)25-19(23)17-15-13-14-16-18(17)20(24)26-22(10-4,11-5)12-6;1-7-5-3-4-6-8(7)2/h13-16H,7-12H2,1-6H3;3-6H,1-2H3. The van der Waals surface area contributed by atoms with Crippen LogP contribution in [0, 0.1) is 13.8 Å². The Morgan fingerprint density at radius 2 is 0.824 bits per heavy atom. The number of hydrogen-bond donors (Lipinski definition) is 0. The third-order valence-corrected chi connectivity index (χ3v) is 7.28. The van der Waals surface area contributed by atoms with Crippen LogP contribution in [0.25, 0.3) is 0 Å². The highest BCUT2D eigenvalue weighted by Gasteiger charge is 2.33. The maximum Gasteiger partial charge on any atom is 0.339 e. The van der Waals surface area contributed by atoms with Crippen molar-refractivity contribution in [1.82, 2.24) is 0 Å². The fourth-order valence-electron chi connectivity index (χ4n) is 3.94. The largest absolute Gasteiger partial charge is 0.455 e. The Morgan fingerprint density at radius 1 is 0.559 bits per heavy atom. The zero-order chi connectivity index (χ0) is 25.8. The molecule has 0 heterocycles.